The summed E-state index contributed by atoms with van der Waals surface area (Å²) in [4.78, 5) is 11.2. The number of rotatable bonds is 12. The highest BCUT2D eigenvalue weighted by molar-refractivity contribution is 5.81. The van der Waals surface area contributed by atoms with Crippen molar-refractivity contribution in [3.63, 3.8) is 0 Å². The molecule has 4 rings (SSSR count). The normalized spacial score (nSPS) is 31.1. The highest BCUT2D eigenvalue weighted by atomic mass is 16.6. The van der Waals surface area contributed by atoms with Crippen molar-refractivity contribution >= 4 is 5.97 Å². The van der Waals surface area contributed by atoms with Crippen LogP contribution in [0.2, 0.25) is 0 Å². The molecule has 10 heteroatoms. The number of hydrogen-bond donors (Lipinski definition) is 4. The van der Waals surface area contributed by atoms with E-state index < -0.39 is 36.5 Å². The van der Waals surface area contributed by atoms with Gasteiger partial charge < -0.3 is 43.8 Å². The van der Waals surface area contributed by atoms with Gasteiger partial charge in [0.15, 0.2) is 0 Å². The minimum atomic E-state index is -1.41. The summed E-state index contributed by atoms with van der Waals surface area (Å²) in [6, 6.07) is 13.3. The molecule has 10 nitrogen and oxygen atoms in total. The summed E-state index contributed by atoms with van der Waals surface area (Å²) in [5.41, 5.74) is 1.06. The number of furan rings is 1. The Hall–Kier alpha value is -2.57. The van der Waals surface area contributed by atoms with Crippen LogP contribution in [0.3, 0.4) is 0 Å². The highest BCUT2D eigenvalue weighted by Crippen LogP contribution is 2.35. The molecule has 2 aromatic rings. The molecule has 0 aliphatic carbocycles. The van der Waals surface area contributed by atoms with Gasteiger partial charge >= 0.3 is 5.97 Å². The second kappa shape index (κ2) is 14.2. The Bertz CT molecular complexity index is 1050. The maximum atomic E-state index is 11.2. The maximum absolute atomic E-state index is 11.2. The molecule has 0 amide bonds. The number of methoxy groups -OCH3 is 1. The molecule has 214 valence electrons. The molecule has 0 saturated carbocycles. The zero-order chi connectivity index (χ0) is 27.8. The van der Waals surface area contributed by atoms with Crippen LogP contribution in [-0.2, 0) is 36.8 Å². The second-order valence-electron chi connectivity index (χ2n) is 9.96. The van der Waals surface area contributed by atoms with Crippen molar-refractivity contribution in [2.75, 3.05) is 13.7 Å². The lowest BCUT2D eigenvalue weighted by Crippen LogP contribution is -2.54. The third kappa shape index (κ3) is 7.76. The number of esters is 1. The Morgan fingerprint density at radius 1 is 1.00 bits per heavy atom. The van der Waals surface area contributed by atoms with Crippen LogP contribution in [0, 0.1) is 0 Å². The molecule has 0 spiro atoms. The van der Waals surface area contributed by atoms with Gasteiger partial charge in [-0.1, -0.05) is 36.4 Å². The Balaban J connectivity index is 1.29. The average molecular weight is 547 g/mol. The summed E-state index contributed by atoms with van der Waals surface area (Å²) >= 11 is 0. The van der Waals surface area contributed by atoms with E-state index in [0.29, 0.717) is 50.2 Å². The number of aliphatic hydroxyl groups excluding tert-OH is 4. The molecule has 1 aromatic heterocycles. The van der Waals surface area contributed by atoms with E-state index in [9.17, 15) is 25.2 Å². The van der Waals surface area contributed by atoms with E-state index in [-0.39, 0.29) is 24.9 Å². The zero-order valence-corrected chi connectivity index (χ0v) is 22.0. The number of allylic oxidation sites excluding steroid dienone is 1. The minimum absolute atomic E-state index is 0.104. The molecule has 2 saturated heterocycles. The summed E-state index contributed by atoms with van der Waals surface area (Å²) < 4.78 is 28.5. The van der Waals surface area contributed by atoms with Crippen molar-refractivity contribution in [3.05, 3.63) is 71.7 Å². The van der Waals surface area contributed by atoms with Crippen molar-refractivity contribution in [2.45, 2.75) is 87.5 Å². The van der Waals surface area contributed by atoms with Crippen molar-refractivity contribution in [2.24, 2.45) is 0 Å². The second-order valence-corrected chi connectivity index (χ2v) is 9.96. The Morgan fingerprint density at radius 2 is 1.79 bits per heavy atom. The first-order chi connectivity index (χ1) is 18.9. The Labute approximate surface area is 227 Å². The third-order valence-electron chi connectivity index (χ3n) is 7.22. The number of benzene rings is 1. The van der Waals surface area contributed by atoms with Crippen LogP contribution in [-0.4, -0.2) is 82.8 Å². The highest BCUT2D eigenvalue weighted by Gasteiger charge is 2.45. The number of carbonyl (C=O) groups excluding carboxylic acids is 1. The summed E-state index contributed by atoms with van der Waals surface area (Å²) in [5, 5.41) is 41.1. The Morgan fingerprint density at radius 3 is 2.54 bits per heavy atom. The predicted octanol–water partition coefficient (Wildman–Crippen LogP) is 1.98. The first kappa shape index (κ1) is 29.4. The summed E-state index contributed by atoms with van der Waals surface area (Å²) in [5.74, 6) is 0.529. The van der Waals surface area contributed by atoms with Crippen molar-refractivity contribution in [3.8, 4) is 0 Å². The van der Waals surface area contributed by atoms with Gasteiger partial charge in [-0.15, -0.1) is 0 Å². The number of aryl methyl sites for hydroxylation is 1. The molecule has 39 heavy (non-hydrogen) atoms. The Kier molecular flexibility index (Phi) is 10.7. The van der Waals surface area contributed by atoms with Crippen molar-refractivity contribution in [1.29, 1.82) is 0 Å². The van der Waals surface area contributed by atoms with Gasteiger partial charge in [-0.05, 0) is 37.0 Å². The quantitative estimate of drug-likeness (QED) is 0.230. The molecule has 0 bridgehead atoms. The molecule has 2 fully saturated rings. The molecular weight excluding hydrogens is 508 g/mol. The molecule has 3 heterocycles. The monoisotopic (exact) mass is 546 g/mol. The largest absolute Gasteiger partial charge is 0.466 e. The van der Waals surface area contributed by atoms with Crippen LogP contribution >= 0.6 is 0 Å². The number of aliphatic hydroxyl groups is 4. The third-order valence-corrected chi connectivity index (χ3v) is 7.22. The fourth-order valence-corrected chi connectivity index (χ4v) is 5.02. The lowest BCUT2D eigenvalue weighted by atomic mass is 9.91. The van der Waals surface area contributed by atoms with Crippen molar-refractivity contribution in [1.82, 2.24) is 0 Å². The van der Waals surface area contributed by atoms with E-state index in [1.807, 2.05) is 30.3 Å². The average Bonchev–Trinajstić information content (AvgIpc) is 3.60. The molecule has 8 atom stereocenters. The van der Waals surface area contributed by atoms with Gasteiger partial charge in [-0.25, -0.2) is 4.79 Å². The summed E-state index contributed by atoms with van der Waals surface area (Å²) in [6.45, 7) is 0.331. The van der Waals surface area contributed by atoms with E-state index in [0.717, 1.165) is 5.56 Å². The number of carbonyl (C=O) groups is 1. The van der Waals surface area contributed by atoms with E-state index in [1.54, 1.807) is 18.2 Å². The predicted molar refractivity (Wildman–Crippen MR) is 138 cm³/mol. The van der Waals surface area contributed by atoms with E-state index in [2.05, 4.69) is 4.74 Å². The van der Waals surface area contributed by atoms with E-state index >= 15 is 0 Å². The first-order valence-corrected chi connectivity index (χ1v) is 13.3. The molecule has 4 N–H and O–H groups in total. The van der Waals surface area contributed by atoms with Gasteiger partial charge in [0, 0.05) is 18.9 Å². The molecule has 1 aromatic carbocycles. The van der Waals surface area contributed by atoms with Crippen molar-refractivity contribution < 1.29 is 48.6 Å². The van der Waals surface area contributed by atoms with Gasteiger partial charge in [0.1, 0.15) is 42.0 Å². The molecule has 0 unspecified atom stereocenters. The zero-order valence-electron chi connectivity index (χ0n) is 22.0. The lowest BCUT2D eigenvalue weighted by molar-refractivity contribution is -0.229. The fourth-order valence-electron chi connectivity index (χ4n) is 5.02. The molecular formula is C29H38O10. The molecule has 2 aliphatic rings. The smallest absolute Gasteiger partial charge is 0.330 e. The van der Waals surface area contributed by atoms with Gasteiger partial charge in [-0.2, -0.15) is 0 Å². The standard InChI is InChI=1S/C29H38O10/c1-35-25(31)10-6-5-9-21-26(32)27(33)28(34)29(39-21)22-14-13-19(37-22)11-12-20-15-23(24(16-30)38-20)36-17-18-7-3-2-4-8-18/h2-4,6-8,10,13-14,20-21,23-24,26-30,32-34H,5,9,11-12,15-17H2,1H3/b10-6+/t20-,21-,23-,24-,26-,27-,28-,29-/m0/s1. The van der Waals surface area contributed by atoms with Gasteiger partial charge in [0.2, 0.25) is 0 Å². The lowest BCUT2D eigenvalue weighted by Gasteiger charge is -2.40. The van der Waals surface area contributed by atoms with E-state index in [1.165, 1.54) is 13.2 Å². The topological polar surface area (TPSA) is 148 Å². The van der Waals surface area contributed by atoms with Crippen LogP contribution in [0.25, 0.3) is 0 Å². The summed E-state index contributed by atoms with van der Waals surface area (Å²) in [7, 11) is 1.28. The first-order valence-electron chi connectivity index (χ1n) is 13.3. The van der Waals surface area contributed by atoms with Crippen LogP contribution < -0.4 is 0 Å². The van der Waals surface area contributed by atoms with Crippen LogP contribution in [0.4, 0.5) is 0 Å². The number of ether oxygens (including phenoxy) is 4. The van der Waals surface area contributed by atoms with Gasteiger partial charge in [0.25, 0.3) is 0 Å². The molecule has 2 aliphatic heterocycles. The molecule has 0 radical (unpaired) electrons. The van der Waals surface area contributed by atoms with Crippen LogP contribution in [0.5, 0.6) is 0 Å². The number of hydrogen-bond acceptors (Lipinski definition) is 10. The van der Waals surface area contributed by atoms with Crippen LogP contribution in [0.1, 0.15) is 48.9 Å². The van der Waals surface area contributed by atoms with Gasteiger partial charge in [-0.3, -0.25) is 0 Å². The fraction of sp³-hybridized carbons (Fsp3) is 0.552. The maximum Gasteiger partial charge on any atom is 0.330 e. The minimum Gasteiger partial charge on any atom is -0.466 e. The van der Waals surface area contributed by atoms with Gasteiger partial charge in [0.05, 0.1) is 38.6 Å². The van der Waals surface area contributed by atoms with E-state index in [4.69, 9.17) is 18.6 Å². The van der Waals surface area contributed by atoms with Crippen LogP contribution in [0.15, 0.2) is 59.0 Å². The SMILES string of the molecule is COC(=O)/C=C/CC[C@@H]1O[C@@H](c2ccc(CC[C@H]3C[C@H](OCc4ccccc4)[C@H](CO)O3)o2)[C@@H](O)[C@@H](O)[C@H]1O. The summed E-state index contributed by atoms with van der Waals surface area (Å²) in [6.07, 6.45) is -1.00.